The lowest BCUT2D eigenvalue weighted by molar-refractivity contribution is -0.213. The first-order valence-corrected chi connectivity index (χ1v) is 16.8. The summed E-state index contributed by atoms with van der Waals surface area (Å²) in [5.74, 6) is 1.48. The van der Waals surface area contributed by atoms with Crippen molar-refractivity contribution < 1.29 is 24.2 Å². The molecule has 0 spiro atoms. The molecule has 0 saturated heterocycles. The van der Waals surface area contributed by atoms with Crippen molar-refractivity contribution >= 4 is 17.7 Å². The predicted molar refractivity (Wildman–Crippen MR) is 166 cm³/mol. The van der Waals surface area contributed by atoms with Crippen molar-refractivity contribution in [3.05, 3.63) is 23.3 Å². The highest BCUT2D eigenvalue weighted by Crippen LogP contribution is 2.73. The number of rotatable bonds is 6. The molecule has 1 N–H and O–H groups in total. The highest BCUT2D eigenvalue weighted by molar-refractivity contribution is 6.01. The second-order valence-electron chi connectivity index (χ2n) is 16.9. The molecule has 4 saturated carbocycles. The van der Waals surface area contributed by atoms with Crippen molar-refractivity contribution in [1.82, 2.24) is 0 Å². The fourth-order valence-electron chi connectivity index (χ4n) is 11.7. The topological polar surface area (TPSA) is 80.7 Å². The number of esters is 1. The summed E-state index contributed by atoms with van der Waals surface area (Å²) in [7, 11) is 0. The lowest BCUT2D eigenvalue weighted by atomic mass is 9.36. The third kappa shape index (κ3) is 4.57. The molecule has 0 bridgehead atoms. The maximum Gasteiger partial charge on any atom is 0.309 e. The van der Waals surface area contributed by atoms with Gasteiger partial charge in [0.25, 0.3) is 0 Å². The zero-order valence-corrected chi connectivity index (χ0v) is 27.8. The van der Waals surface area contributed by atoms with E-state index in [1.54, 1.807) is 13.8 Å². The first kappa shape index (κ1) is 31.5. The van der Waals surface area contributed by atoms with Crippen LogP contribution in [0.1, 0.15) is 127 Å². The molecule has 4 fully saturated rings. The third-order valence-electron chi connectivity index (χ3n) is 13.5. The SMILES string of the molecule is C/C=C/C12CCC3C(CCC4C3(C)CCC3C(C)(C)C(OC(=O)CC(C)(C)C(=O)O)CCC34C)C1=C(C(C)C)C(=O)C2. The monoisotopic (exact) mass is 580 g/mol. The van der Waals surface area contributed by atoms with E-state index in [1.165, 1.54) is 31.3 Å². The second-order valence-corrected chi connectivity index (χ2v) is 16.9. The Labute approximate surface area is 254 Å². The number of carbonyl (C=O) groups is 3. The highest BCUT2D eigenvalue weighted by atomic mass is 16.5. The molecular weight excluding hydrogens is 524 g/mol. The summed E-state index contributed by atoms with van der Waals surface area (Å²) in [6, 6.07) is 0. The Hall–Kier alpha value is -1.91. The summed E-state index contributed by atoms with van der Waals surface area (Å²) >= 11 is 0. The number of aliphatic carboxylic acids is 1. The van der Waals surface area contributed by atoms with Gasteiger partial charge in [0.05, 0.1) is 11.8 Å². The fourth-order valence-corrected chi connectivity index (χ4v) is 11.7. The Morgan fingerprint density at radius 3 is 2.26 bits per heavy atom. The van der Waals surface area contributed by atoms with Gasteiger partial charge in [0.15, 0.2) is 5.78 Å². The van der Waals surface area contributed by atoms with Crippen molar-refractivity contribution in [2.24, 2.45) is 56.7 Å². The molecule has 5 rings (SSSR count). The number of ketones is 1. The van der Waals surface area contributed by atoms with Gasteiger partial charge in [-0.15, -0.1) is 0 Å². The molecule has 0 aromatic heterocycles. The van der Waals surface area contributed by atoms with Gasteiger partial charge in [0.2, 0.25) is 0 Å². The van der Waals surface area contributed by atoms with Gasteiger partial charge in [-0.3, -0.25) is 14.4 Å². The Bertz CT molecular complexity index is 1200. The standard InChI is InChI=1S/C37H56O5/c1-10-16-37-19-13-24-23(31(37)30(22(2)3)25(38)20-37)11-12-27-35(24,8)17-14-26-34(6,7)28(15-18-36(26,27)9)42-29(39)21-33(4,5)32(40)41/h10,16,22-24,26-28H,11-15,17-21H2,1-9H3,(H,40,41)/b16-10+. The van der Waals surface area contributed by atoms with Crippen LogP contribution in [0.2, 0.25) is 0 Å². The first-order valence-electron chi connectivity index (χ1n) is 16.8. The number of Topliss-reactive ketones (excluding diaryl/α,β-unsaturated/α-hetero) is 1. The molecule has 0 heterocycles. The molecule has 5 nitrogen and oxygen atoms in total. The number of carboxylic acid groups (broad SMARTS) is 1. The van der Waals surface area contributed by atoms with Gasteiger partial charge in [0, 0.05) is 17.3 Å². The number of carboxylic acids is 1. The number of allylic oxidation sites excluding steroid dienone is 4. The van der Waals surface area contributed by atoms with Crippen molar-refractivity contribution in [3.63, 3.8) is 0 Å². The van der Waals surface area contributed by atoms with Crippen molar-refractivity contribution in [3.8, 4) is 0 Å². The summed E-state index contributed by atoms with van der Waals surface area (Å²) in [6.07, 6.45) is 13.8. The summed E-state index contributed by atoms with van der Waals surface area (Å²) in [4.78, 5) is 38.0. The van der Waals surface area contributed by atoms with E-state index in [0.717, 1.165) is 31.3 Å². The van der Waals surface area contributed by atoms with Crippen molar-refractivity contribution in [2.45, 2.75) is 133 Å². The minimum absolute atomic E-state index is 0.0595. The van der Waals surface area contributed by atoms with E-state index in [-0.39, 0.29) is 40.1 Å². The summed E-state index contributed by atoms with van der Waals surface area (Å²) in [5.41, 5.74) is 1.71. The summed E-state index contributed by atoms with van der Waals surface area (Å²) < 4.78 is 6.11. The first-order chi connectivity index (χ1) is 19.4. The van der Waals surface area contributed by atoms with Gasteiger partial charge in [-0.2, -0.15) is 0 Å². The smallest absolute Gasteiger partial charge is 0.309 e. The van der Waals surface area contributed by atoms with E-state index >= 15 is 0 Å². The van der Waals surface area contributed by atoms with Crippen LogP contribution in [0.15, 0.2) is 23.3 Å². The quantitative estimate of drug-likeness (QED) is 0.251. The van der Waals surface area contributed by atoms with E-state index in [1.807, 2.05) is 0 Å². The number of ether oxygens (including phenoxy) is 1. The summed E-state index contributed by atoms with van der Waals surface area (Å²) in [6.45, 7) is 19.4. The molecule has 5 aliphatic rings. The molecule has 42 heavy (non-hydrogen) atoms. The van der Waals surface area contributed by atoms with Crippen LogP contribution in [0, 0.1) is 56.7 Å². The van der Waals surface area contributed by atoms with Gasteiger partial charge in [-0.1, -0.05) is 53.7 Å². The van der Waals surface area contributed by atoms with Crippen LogP contribution in [-0.4, -0.2) is 28.9 Å². The van der Waals surface area contributed by atoms with Gasteiger partial charge in [0.1, 0.15) is 6.10 Å². The van der Waals surface area contributed by atoms with E-state index in [9.17, 15) is 19.5 Å². The molecule has 0 radical (unpaired) electrons. The fraction of sp³-hybridized carbons (Fsp3) is 0.811. The van der Waals surface area contributed by atoms with E-state index in [4.69, 9.17) is 4.74 Å². The summed E-state index contributed by atoms with van der Waals surface area (Å²) in [5, 5.41) is 9.52. The van der Waals surface area contributed by atoms with Gasteiger partial charge in [-0.05, 0) is 124 Å². The normalized spacial score (nSPS) is 41.3. The largest absolute Gasteiger partial charge is 0.481 e. The molecule has 5 aliphatic carbocycles. The molecule has 234 valence electrons. The van der Waals surface area contributed by atoms with Crippen LogP contribution < -0.4 is 0 Å². The van der Waals surface area contributed by atoms with E-state index < -0.39 is 17.4 Å². The van der Waals surface area contributed by atoms with Gasteiger partial charge < -0.3 is 9.84 Å². The molecule has 0 aliphatic heterocycles. The zero-order valence-electron chi connectivity index (χ0n) is 27.8. The average Bonchev–Trinajstić information content (AvgIpc) is 3.17. The van der Waals surface area contributed by atoms with Gasteiger partial charge >= 0.3 is 11.9 Å². The van der Waals surface area contributed by atoms with Crippen LogP contribution in [0.3, 0.4) is 0 Å². The molecule has 5 heteroatoms. The van der Waals surface area contributed by atoms with Crippen molar-refractivity contribution in [2.75, 3.05) is 0 Å². The Balaban J connectivity index is 1.42. The number of fused-ring (bicyclic) bond motifs is 7. The Morgan fingerprint density at radius 2 is 1.64 bits per heavy atom. The van der Waals surface area contributed by atoms with Gasteiger partial charge in [-0.25, -0.2) is 0 Å². The second kappa shape index (κ2) is 10.3. The van der Waals surface area contributed by atoms with Crippen LogP contribution in [-0.2, 0) is 19.1 Å². The molecule has 8 unspecified atom stereocenters. The predicted octanol–water partition coefficient (Wildman–Crippen LogP) is 8.57. The van der Waals surface area contributed by atoms with E-state index in [2.05, 4.69) is 60.6 Å². The minimum atomic E-state index is -1.13. The molecular formula is C37H56O5. The lowest BCUT2D eigenvalue weighted by Gasteiger charge is -2.68. The maximum atomic E-state index is 13.5. The van der Waals surface area contributed by atoms with Crippen molar-refractivity contribution in [1.29, 1.82) is 0 Å². The molecule has 8 atom stereocenters. The zero-order chi connectivity index (χ0) is 31.0. The van der Waals surface area contributed by atoms with E-state index in [0.29, 0.717) is 35.9 Å². The molecule has 0 aromatic carbocycles. The minimum Gasteiger partial charge on any atom is -0.481 e. The maximum absolute atomic E-state index is 13.5. The average molecular weight is 581 g/mol. The van der Waals surface area contributed by atoms with Crippen LogP contribution in [0.25, 0.3) is 0 Å². The number of hydrogen-bond donors (Lipinski definition) is 1. The Kier molecular flexibility index (Phi) is 7.75. The van der Waals surface area contributed by atoms with Crippen LogP contribution in [0.5, 0.6) is 0 Å². The Morgan fingerprint density at radius 1 is 0.976 bits per heavy atom. The van der Waals surface area contributed by atoms with Crippen LogP contribution in [0.4, 0.5) is 0 Å². The number of carbonyl (C=O) groups excluding carboxylic acids is 2. The highest BCUT2D eigenvalue weighted by Gasteiger charge is 2.66. The lowest BCUT2D eigenvalue weighted by Crippen LogP contribution is -2.63. The third-order valence-corrected chi connectivity index (χ3v) is 13.5. The van der Waals surface area contributed by atoms with Crippen LogP contribution >= 0.6 is 0 Å². The molecule has 0 amide bonds. The molecule has 0 aromatic rings. The number of hydrogen-bond acceptors (Lipinski definition) is 4.